The van der Waals surface area contributed by atoms with Crippen LogP contribution in [0.5, 0.6) is 0 Å². The van der Waals surface area contributed by atoms with Gasteiger partial charge in [-0.2, -0.15) is 0 Å². The highest BCUT2D eigenvalue weighted by Gasteiger charge is 2.18. The zero-order valence-electron chi connectivity index (χ0n) is 13.4. The highest BCUT2D eigenvalue weighted by molar-refractivity contribution is 7.17. The Morgan fingerprint density at radius 3 is 2.58 bits per heavy atom. The van der Waals surface area contributed by atoms with Crippen LogP contribution < -0.4 is 5.56 Å². The van der Waals surface area contributed by atoms with Crippen LogP contribution in [0.25, 0.3) is 32.7 Å². The van der Waals surface area contributed by atoms with Gasteiger partial charge in [-0.1, -0.05) is 23.7 Å². The molecule has 4 rings (SSSR count). The van der Waals surface area contributed by atoms with Crippen LogP contribution in [0.3, 0.4) is 0 Å². The van der Waals surface area contributed by atoms with Gasteiger partial charge in [0.2, 0.25) is 0 Å². The number of nitrogens with one attached hydrogen (secondary N) is 1. The van der Waals surface area contributed by atoms with E-state index in [1.807, 2.05) is 19.1 Å². The summed E-state index contributed by atoms with van der Waals surface area (Å²) in [7, 11) is 0. The van der Waals surface area contributed by atoms with Crippen LogP contribution in [0, 0.1) is 18.6 Å². The number of aromatic amines is 1. The number of H-pyrrole nitrogens is 1. The fourth-order valence-electron chi connectivity index (χ4n) is 2.82. The number of aryl methyl sites for hydroxylation is 1. The lowest BCUT2D eigenvalue weighted by Crippen LogP contribution is -2.10. The maximum absolute atomic E-state index is 14.0. The standard InChI is InChI=1S/C19H11ClF2N2OS/c1-9-7-10(5-6-12(9)20)11-8-26-19-15(11)18(25)23-17(24-19)16-13(21)3-2-4-14(16)22/h2-8H,1H3,(H,23,24,25). The zero-order valence-corrected chi connectivity index (χ0v) is 15.0. The van der Waals surface area contributed by atoms with Crippen LogP contribution in [0.1, 0.15) is 5.56 Å². The first-order chi connectivity index (χ1) is 12.5. The number of halogens is 3. The topological polar surface area (TPSA) is 45.8 Å². The minimum atomic E-state index is -0.780. The Morgan fingerprint density at radius 1 is 1.15 bits per heavy atom. The molecule has 26 heavy (non-hydrogen) atoms. The predicted octanol–water partition coefficient (Wildman–Crippen LogP) is 5.56. The Labute approximate surface area is 155 Å². The van der Waals surface area contributed by atoms with Gasteiger partial charge < -0.3 is 4.98 Å². The number of aromatic nitrogens is 2. The van der Waals surface area contributed by atoms with Gasteiger partial charge in [-0.15, -0.1) is 11.3 Å². The van der Waals surface area contributed by atoms with Gasteiger partial charge in [0.1, 0.15) is 22.3 Å². The molecule has 0 spiro atoms. The average Bonchev–Trinajstić information content (AvgIpc) is 3.02. The smallest absolute Gasteiger partial charge is 0.260 e. The van der Waals surface area contributed by atoms with Crippen LogP contribution in [0.15, 0.2) is 46.6 Å². The summed E-state index contributed by atoms with van der Waals surface area (Å²) < 4.78 is 28.0. The maximum Gasteiger partial charge on any atom is 0.260 e. The molecule has 3 nitrogen and oxygen atoms in total. The maximum atomic E-state index is 14.0. The number of thiophene rings is 1. The van der Waals surface area contributed by atoms with Crippen molar-refractivity contribution in [3.8, 4) is 22.5 Å². The molecular formula is C19H11ClF2N2OS. The van der Waals surface area contributed by atoms with E-state index in [9.17, 15) is 13.6 Å². The van der Waals surface area contributed by atoms with Crippen molar-refractivity contribution < 1.29 is 8.78 Å². The van der Waals surface area contributed by atoms with E-state index < -0.39 is 17.2 Å². The molecule has 0 saturated heterocycles. The van der Waals surface area contributed by atoms with Crippen molar-refractivity contribution in [1.29, 1.82) is 0 Å². The Morgan fingerprint density at radius 2 is 1.88 bits per heavy atom. The zero-order chi connectivity index (χ0) is 18.4. The lowest BCUT2D eigenvalue weighted by Gasteiger charge is -2.05. The van der Waals surface area contributed by atoms with Crippen molar-refractivity contribution in [1.82, 2.24) is 9.97 Å². The first-order valence-electron chi connectivity index (χ1n) is 7.68. The van der Waals surface area contributed by atoms with E-state index in [0.717, 1.165) is 23.3 Å². The monoisotopic (exact) mass is 388 g/mol. The SMILES string of the molecule is Cc1cc(-c2csc3nc(-c4c(F)cccc4F)[nH]c(=O)c23)ccc1Cl. The molecule has 0 unspecified atom stereocenters. The summed E-state index contributed by atoms with van der Waals surface area (Å²) in [6.45, 7) is 1.88. The number of nitrogens with zero attached hydrogens (tertiary/aromatic N) is 1. The summed E-state index contributed by atoms with van der Waals surface area (Å²) in [5.41, 5.74) is 1.63. The Hall–Kier alpha value is -2.57. The average molecular weight is 389 g/mol. The van der Waals surface area contributed by atoms with Crippen molar-refractivity contribution in [2.75, 3.05) is 0 Å². The number of rotatable bonds is 2. The van der Waals surface area contributed by atoms with Crippen LogP contribution >= 0.6 is 22.9 Å². The van der Waals surface area contributed by atoms with E-state index in [4.69, 9.17) is 11.6 Å². The molecule has 0 fully saturated rings. The summed E-state index contributed by atoms with van der Waals surface area (Å²) in [6.07, 6.45) is 0. The number of hydrogen-bond acceptors (Lipinski definition) is 3. The van der Waals surface area contributed by atoms with E-state index in [2.05, 4.69) is 9.97 Å². The number of hydrogen-bond donors (Lipinski definition) is 1. The molecule has 7 heteroatoms. The van der Waals surface area contributed by atoms with E-state index in [1.54, 1.807) is 11.4 Å². The normalized spacial score (nSPS) is 11.2. The van der Waals surface area contributed by atoms with Crippen molar-refractivity contribution in [3.63, 3.8) is 0 Å². The molecule has 0 saturated carbocycles. The van der Waals surface area contributed by atoms with Gasteiger partial charge in [-0.25, -0.2) is 13.8 Å². The van der Waals surface area contributed by atoms with Gasteiger partial charge in [0.15, 0.2) is 0 Å². The van der Waals surface area contributed by atoms with Crippen molar-refractivity contribution in [2.45, 2.75) is 6.92 Å². The minimum absolute atomic E-state index is 0.126. The Kier molecular flexibility index (Phi) is 4.09. The Bertz CT molecular complexity index is 1200. The van der Waals surface area contributed by atoms with Crippen molar-refractivity contribution in [3.05, 3.63) is 74.4 Å². The van der Waals surface area contributed by atoms with Crippen LogP contribution in [0.4, 0.5) is 8.78 Å². The van der Waals surface area contributed by atoms with Crippen molar-refractivity contribution in [2.24, 2.45) is 0 Å². The van der Waals surface area contributed by atoms with E-state index in [0.29, 0.717) is 20.8 Å². The molecule has 1 N–H and O–H groups in total. The molecule has 0 aliphatic rings. The van der Waals surface area contributed by atoms with Gasteiger partial charge >= 0.3 is 0 Å². The van der Waals surface area contributed by atoms with Crippen LogP contribution in [-0.2, 0) is 0 Å². The molecule has 4 aromatic rings. The van der Waals surface area contributed by atoms with Crippen LogP contribution in [0.2, 0.25) is 5.02 Å². The molecule has 0 amide bonds. The van der Waals surface area contributed by atoms with Gasteiger partial charge in [-0.3, -0.25) is 4.79 Å². The molecule has 0 aliphatic heterocycles. The third kappa shape index (κ3) is 2.71. The van der Waals surface area contributed by atoms with Gasteiger partial charge in [-0.05, 0) is 42.3 Å². The molecule has 0 bridgehead atoms. The minimum Gasteiger partial charge on any atom is -0.306 e. The molecular weight excluding hydrogens is 378 g/mol. The summed E-state index contributed by atoms with van der Waals surface area (Å²) in [5, 5.41) is 2.83. The van der Waals surface area contributed by atoms with Gasteiger partial charge in [0.05, 0.1) is 10.9 Å². The number of benzene rings is 2. The molecule has 2 aromatic carbocycles. The predicted molar refractivity (Wildman–Crippen MR) is 101 cm³/mol. The van der Waals surface area contributed by atoms with Crippen molar-refractivity contribution >= 4 is 33.2 Å². The van der Waals surface area contributed by atoms with Gasteiger partial charge in [0, 0.05) is 16.0 Å². The highest BCUT2D eigenvalue weighted by Crippen LogP contribution is 2.33. The van der Waals surface area contributed by atoms with Crippen LogP contribution in [-0.4, -0.2) is 9.97 Å². The third-order valence-corrected chi connectivity index (χ3v) is 5.41. The second-order valence-corrected chi connectivity index (χ2v) is 7.07. The summed E-state index contributed by atoms with van der Waals surface area (Å²) in [6, 6.07) is 8.98. The number of fused-ring (bicyclic) bond motifs is 1. The fraction of sp³-hybridized carbons (Fsp3) is 0.0526. The first-order valence-corrected chi connectivity index (χ1v) is 8.94. The van der Waals surface area contributed by atoms with Gasteiger partial charge in [0.25, 0.3) is 5.56 Å². The molecule has 2 heterocycles. The fourth-order valence-corrected chi connectivity index (χ4v) is 3.88. The highest BCUT2D eigenvalue weighted by atomic mass is 35.5. The molecule has 0 radical (unpaired) electrons. The molecule has 0 aliphatic carbocycles. The first kappa shape index (κ1) is 16.9. The van der Waals surface area contributed by atoms with E-state index in [-0.39, 0.29) is 11.4 Å². The third-order valence-electron chi connectivity index (χ3n) is 4.11. The summed E-state index contributed by atoms with van der Waals surface area (Å²) in [5.74, 6) is -1.69. The molecule has 0 atom stereocenters. The second kappa shape index (κ2) is 6.30. The summed E-state index contributed by atoms with van der Waals surface area (Å²) in [4.78, 5) is 19.8. The quantitative estimate of drug-likeness (QED) is 0.488. The molecule has 2 aromatic heterocycles. The second-order valence-electron chi connectivity index (χ2n) is 5.80. The van der Waals surface area contributed by atoms with E-state index in [1.165, 1.54) is 17.4 Å². The largest absolute Gasteiger partial charge is 0.306 e. The Balaban J connectivity index is 1.94. The summed E-state index contributed by atoms with van der Waals surface area (Å²) >= 11 is 7.31. The van der Waals surface area contributed by atoms with E-state index >= 15 is 0 Å². The molecule has 130 valence electrons. The lowest BCUT2D eigenvalue weighted by molar-refractivity contribution is 0.587. The lowest BCUT2D eigenvalue weighted by atomic mass is 10.0.